The molecule has 0 unspecified atom stereocenters. The van der Waals surface area contributed by atoms with E-state index in [0.29, 0.717) is 11.3 Å². The Balaban J connectivity index is 2.20. The van der Waals surface area contributed by atoms with Crippen LogP contribution in [0.2, 0.25) is 0 Å². The number of alkyl halides is 3. The fraction of sp³-hybridized carbons (Fsp3) is 0.133. The number of ketones is 1. The van der Waals surface area contributed by atoms with Crippen molar-refractivity contribution in [1.82, 2.24) is 0 Å². The largest absolute Gasteiger partial charge is 0.457 e. The van der Waals surface area contributed by atoms with Crippen molar-refractivity contribution in [1.29, 1.82) is 0 Å². The second kappa shape index (κ2) is 5.36. The van der Waals surface area contributed by atoms with Crippen LogP contribution in [0.3, 0.4) is 0 Å². The van der Waals surface area contributed by atoms with Crippen molar-refractivity contribution in [3.63, 3.8) is 0 Å². The maximum absolute atomic E-state index is 12.6. The molecule has 0 aliphatic heterocycles. The van der Waals surface area contributed by atoms with Gasteiger partial charge in [0.15, 0.2) is 5.78 Å². The van der Waals surface area contributed by atoms with E-state index in [2.05, 4.69) is 0 Å². The molecule has 0 saturated carbocycles. The smallest absolute Gasteiger partial charge is 0.416 e. The number of carbonyl (C=O) groups excluding carboxylic acids is 1. The Labute approximate surface area is 113 Å². The molecule has 20 heavy (non-hydrogen) atoms. The van der Waals surface area contributed by atoms with E-state index >= 15 is 0 Å². The molecule has 5 heteroatoms. The van der Waals surface area contributed by atoms with Crippen molar-refractivity contribution in [2.75, 3.05) is 0 Å². The van der Waals surface area contributed by atoms with Crippen LogP contribution in [0, 0.1) is 0 Å². The molecule has 0 saturated heterocycles. The predicted octanol–water partition coefficient (Wildman–Crippen LogP) is 4.70. The molecule has 0 atom stereocenters. The third-order valence-electron chi connectivity index (χ3n) is 2.66. The van der Waals surface area contributed by atoms with Gasteiger partial charge in [-0.25, -0.2) is 0 Å². The van der Waals surface area contributed by atoms with Gasteiger partial charge < -0.3 is 4.74 Å². The highest BCUT2D eigenvalue weighted by atomic mass is 19.4. The highest BCUT2D eigenvalue weighted by molar-refractivity contribution is 5.94. The van der Waals surface area contributed by atoms with E-state index < -0.39 is 11.7 Å². The molecule has 104 valence electrons. The molecule has 0 N–H and O–H groups in total. The van der Waals surface area contributed by atoms with Crippen LogP contribution in [0.5, 0.6) is 11.5 Å². The minimum atomic E-state index is -4.40. The second-order valence-corrected chi connectivity index (χ2v) is 4.21. The summed E-state index contributed by atoms with van der Waals surface area (Å²) in [6.07, 6.45) is -4.40. The van der Waals surface area contributed by atoms with Gasteiger partial charge in [0, 0.05) is 5.56 Å². The molecular formula is C15H11F3O2. The Morgan fingerprint density at radius 2 is 1.65 bits per heavy atom. The number of carbonyl (C=O) groups is 1. The summed E-state index contributed by atoms with van der Waals surface area (Å²) in [5.41, 5.74) is -0.253. The molecule has 2 aromatic carbocycles. The normalized spacial score (nSPS) is 11.2. The van der Waals surface area contributed by atoms with Crippen LogP contribution < -0.4 is 4.74 Å². The van der Waals surface area contributed by atoms with Gasteiger partial charge >= 0.3 is 6.18 Å². The Bertz CT molecular complexity index is 616. The van der Waals surface area contributed by atoms with Crippen molar-refractivity contribution >= 4 is 5.78 Å². The zero-order chi connectivity index (χ0) is 14.8. The lowest BCUT2D eigenvalue weighted by Gasteiger charge is -2.10. The molecular weight excluding hydrogens is 269 g/mol. The van der Waals surface area contributed by atoms with Crippen LogP contribution in [-0.2, 0) is 6.18 Å². The average molecular weight is 280 g/mol. The van der Waals surface area contributed by atoms with Crippen LogP contribution in [-0.4, -0.2) is 5.78 Å². The summed E-state index contributed by atoms with van der Waals surface area (Å²) in [6.45, 7) is 1.43. The van der Waals surface area contributed by atoms with Gasteiger partial charge in [0.25, 0.3) is 0 Å². The Morgan fingerprint density at radius 1 is 1.00 bits per heavy atom. The van der Waals surface area contributed by atoms with Crippen LogP contribution in [0.1, 0.15) is 22.8 Å². The second-order valence-electron chi connectivity index (χ2n) is 4.21. The van der Waals surface area contributed by atoms with Crippen LogP contribution in [0.15, 0.2) is 48.5 Å². The first-order valence-electron chi connectivity index (χ1n) is 5.82. The third-order valence-corrected chi connectivity index (χ3v) is 2.66. The minimum absolute atomic E-state index is 0.0874. The lowest BCUT2D eigenvalue weighted by atomic mass is 10.1. The van der Waals surface area contributed by atoms with Gasteiger partial charge in [0.1, 0.15) is 11.5 Å². The molecule has 0 spiro atoms. The van der Waals surface area contributed by atoms with Gasteiger partial charge in [-0.3, -0.25) is 4.79 Å². The highest BCUT2D eigenvalue weighted by Crippen LogP contribution is 2.32. The van der Waals surface area contributed by atoms with E-state index in [1.165, 1.54) is 31.2 Å². The number of hydrogen-bond acceptors (Lipinski definition) is 2. The molecule has 0 bridgehead atoms. The standard InChI is InChI=1S/C15H11F3O2/c1-10(19)11-5-7-13(8-6-11)20-14-4-2-3-12(9-14)15(16,17)18/h2-9H,1H3. The lowest BCUT2D eigenvalue weighted by Crippen LogP contribution is -2.04. The fourth-order valence-electron chi connectivity index (χ4n) is 1.63. The summed E-state index contributed by atoms with van der Waals surface area (Å²) in [5, 5.41) is 0. The highest BCUT2D eigenvalue weighted by Gasteiger charge is 2.30. The zero-order valence-corrected chi connectivity index (χ0v) is 10.6. The SMILES string of the molecule is CC(=O)c1ccc(Oc2cccc(C(F)(F)F)c2)cc1. The van der Waals surface area contributed by atoms with Crippen molar-refractivity contribution in [3.8, 4) is 11.5 Å². The summed E-state index contributed by atoms with van der Waals surface area (Å²) < 4.78 is 43.0. The third kappa shape index (κ3) is 3.38. The Morgan fingerprint density at radius 3 is 2.20 bits per heavy atom. The van der Waals surface area contributed by atoms with Crippen molar-refractivity contribution in [2.45, 2.75) is 13.1 Å². The maximum Gasteiger partial charge on any atom is 0.416 e. The van der Waals surface area contributed by atoms with Crippen molar-refractivity contribution in [2.24, 2.45) is 0 Å². The number of Topliss-reactive ketones (excluding diaryl/α,β-unsaturated/α-hetero) is 1. The number of benzene rings is 2. The number of ether oxygens (including phenoxy) is 1. The average Bonchev–Trinajstić information content (AvgIpc) is 2.38. The Hall–Kier alpha value is -2.30. The molecule has 0 fully saturated rings. The first-order chi connectivity index (χ1) is 9.36. The predicted molar refractivity (Wildman–Crippen MR) is 68.0 cm³/mol. The first-order valence-corrected chi connectivity index (χ1v) is 5.82. The summed E-state index contributed by atoms with van der Waals surface area (Å²) in [7, 11) is 0. The summed E-state index contributed by atoms with van der Waals surface area (Å²) in [6, 6.07) is 10.8. The molecule has 0 aliphatic rings. The number of hydrogen-bond donors (Lipinski definition) is 0. The van der Waals surface area contributed by atoms with E-state index in [4.69, 9.17) is 4.74 Å². The van der Waals surface area contributed by atoms with Gasteiger partial charge in [-0.2, -0.15) is 13.2 Å². The van der Waals surface area contributed by atoms with E-state index in [1.54, 1.807) is 12.1 Å². The van der Waals surface area contributed by atoms with E-state index in [9.17, 15) is 18.0 Å². The van der Waals surface area contributed by atoms with Gasteiger partial charge in [-0.15, -0.1) is 0 Å². The van der Waals surface area contributed by atoms with Crippen LogP contribution in [0.4, 0.5) is 13.2 Å². The first kappa shape index (κ1) is 14.1. The number of rotatable bonds is 3. The topological polar surface area (TPSA) is 26.3 Å². The molecule has 0 radical (unpaired) electrons. The maximum atomic E-state index is 12.6. The monoisotopic (exact) mass is 280 g/mol. The quantitative estimate of drug-likeness (QED) is 0.762. The molecule has 2 nitrogen and oxygen atoms in total. The molecule has 0 amide bonds. The van der Waals surface area contributed by atoms with Crippen LogP contribution in [0.25, 0.3) is 0 Å². The van der Waals surface area contributed by atoms with Gasteiger partial charge in [-0.1, -0.05) is 6.07 Å². The minimum Gasteiger partial charge on any atom is -0.457 e. The Kier molecular flexibility index (Phi) is 3.79. The van der Waals surface area contributed by atoms with Crippen molar-refractivity contribution in [3.05, 3.63) is 59.7 Å². The zero-order valence-electron chi connectivity index (χ0n) is 10.6. The molecule has 0 heterocycles. The van der Waals surface area contributed by atoms with Gasteiger partial charge in [0.05, 0.1) is 5.56 Å². The summed E-state index contributed by atoms with van der Waals surface area (Å²) in [5.74, 6) is 0.375. The lowest BCUT2D eigenvalue weighted by molar-refractivity contribution is -0.137. The summed E-state index contributed by atoms with van der Waals surface area (Å²) in [4.78, 5) is 11.1. The van der Waals surface area contributed by atoms with Crippen LogP contribution >= 0.6 is 0 Å². The van der Waals surface area contributed by atoms with Crippen molar-refractivity contribution < 1.29 is 22.7 Å². The van der Waals surface area contributed by atoms with Gasteiger partial charge in [0.2, 0.25) is 0 Å². The molecule has 2 aromatic rings. The summed E-state index contributed by atoms with van der Waals surface area (Å²) >= 11 is 0. The molecule has 0 aliphatic carbocycles. The molecule has 0 aromatic heterocycles. The van der Waals surface area contributed by atoms with E-state index in [1.807, 2.05) is 0 Å². The number of halogens is 3. The van der Waals surface area contributed by atoms with E-state index in [0.717, 1.165) is 12.1 Å². The van der Waals surface area contributed by atoms with Gasteiger partial charge in [-0.05, 0) is 49.4 Å². The fourth-order valence-corrected chi connectivity index (χ4v) is 1.63. The van der Waals surface area contributed by atoms with E-state index in [-0.39, 0.29) is 11.5 Å². The molecule has 2 rings (SSSR count).